The monoisotopic (exact) mass is 522 g/mol. The molecule has 1 N–H and O–H groups in total. The van der Waals surface area contributed by atoms with Crippen LogP contribution in [0.1, 0.15) is 103 Å². The van der Waals surface area contributed by atoms with E-state index in [1.807, 2.05) is 18.2 Å². The molecular formula is C30H32F2N2O4. The number of hydrogen-bond donors (Lipinski definition) is 1. The third-order valence-electron chi connectivity index (χ3n) is 10.1. The third kappa shape index (κ3) is 3.70. The average Bonchev–Trinajstić information content (AvgIpc) is 3.89. The minimum Gasteiger partial charge on any atom is -0.478 e. The molecule has 2 aromatic heterocycles. The van der Waals surface area contributed by atoms with Crippen molar-refractivity contribution in [2.45, 2.75) is 87.2 Å². The number of aromatic nitrogens is 2. The molecule has 2 heterocycles. The van der Waals surface area contributed by atoms with Gasteiger partial charge >= 0.3 is 5.97 Å². The van der Waals surface area contributed by atoms with Crippen molar-refractivity contribution < 1.29 is 27.9 Å². The van der Waals surface area contributed by atoms with Crippen LogP contribution in [0.3, 0.4) is 0 Å². The van der Waals surface area contributed by atoms with Crippen molar-refractivity contribution in [3.8, 4) is 0 Å². The molecule has 200 valence electrons. The Bertz CT molecular complexity index is 1390. The van der Waals surface area contributed by atoms with E-state index in [0.29, 0.717) is 30.0 Å². The van der Waals surface area contributed by atoms with Gasteiger partial charge in [0.2, 0.25) is 0 Å². The van der Waals surface area contributed by atoms with Gasteiger partial charge < -0.3 is 14.4 Å². The van der Waals surface area contributed by atoms with E-state index in [0.717, 1.165) is 73.9 Å². The Morgan fingerprint density at radius 3 is 2.42 bits per heavy atom. The number of carboxylic acid groups (broad SMARTS) is 1. The van der Waals surface area contributed by atoms with Crippen molar-refractivity contribution in [3.05, 3.63) is 58.6 Å². The van der Waals surface area contributed by atoms with Gasteiger partial charge in [0, 0.05) is 39.3 Å². The summed E-state index contributed by atoms with van der Waals surface area (Å²) in [5.74, 6) is 0.0400. The summed E-state index contributed by atoms with van der Waals surface area (Å²) in [7, 11) is 0. The first-order valence-electron chi connectivity index (χ1n) is 13.8. The van der Waals surface area contributed by atoms with Crippen LogP contribution in [0.4, 0.5) is 8.78 Å². The summed E-state index contributed by atoms with van der Waals surface area (Å²) in [6.07, 6.45) is 8.25. The van der Waals surface area contributed by atoms with Gasteiger partial charge in [-0.25, -0.2) is 4.79 Å². The van der Waals surface area contributed by atoms with E-state index in [1.54, 1.807) is 12.1 Å². The summed E-state index contributed by atoms with van der Waals surface area (Å²) in [4.78, 5) is 16.5. The van der Waals surface area contributed by atoms with Crippen LogP contribution in [0, 0.1) is 5.41 Å². The molecule has 0 unspecified atom stereocenters. The van der Waals surface area contributed by atoms with Crippen LogP contribution in [-0.4, -0.2) is 40.2 Å². The molecule has 38 heavy (non-hydrogen) atoms. The molecule has 0 amide bonds. The summed E-state index contributed by atoms with van der Waals surface area (Å²) >= 11 is 0. The highest BCUT2D eigenvalue weighted by atomic mass is 19.1. The van der Waals surface area contributed by atoms with E-state index in [-0.39, 0.29) is 22.5 Å². The Kier molecular flexibility index (Phi) is 5.45. The number of alkyl halides is 2. The quantitative estimate of drug-likeness (QED) is 0.334. The highest BCUT2D eigenvalue weighted by molar-refractivity contribution is 6.02. The van der Waals surface area contributed by atoms with Gasteiger partial charge in [-0.2, -0.15) is 0 Å². The lowest BCUT2D eigenvalue weighted by Gasteiger charge is -2.53. The number of nitrogens with zero attached hydrogens (tertiary/aromatic N) is 2. The van der Waals surface area contributed by atoms with Crippen LogP contribution < -0.4 is 0 Å². The maximum absolute atomic E-state index is 13.6. The fourth-order valence-corrected chi connectivity index (χ4v) is 7.10. The average molecular weight is 523 g/mol. The van der Waals surface area contributed by atoms with Crippen molar-refractivity contribution in [2.75, 3.05) is 13.3 Å². The van der Waals surface area contributed by atoms with Crippen LogP contribution in [0.2, 0.25) is 0 Å². The maximum atomic E-state index is 13.6. The standard InChI is InChI=1S/C30H32F2N2O4/c31-16-29(17-32)14-22(29)25-21(26(38-34-25)18-4-5-18)15-37-30-11-8-28(9-12-30,10-13-30)24-7-6-19-20(27(35)36)2-1-3-23(19)33-24/h1-3,6-7,18,22H,4-5,8-17H2,(H,35,36)/t22-,28?,30?/m1/s1. The van der Waals surface area contributed by atoms with Crippen LogP contribution in [0.25, 0.3) is 10.9 Å². The van der Waals surface area contributed by atoms with Crippen molar-refractivity contribution in [1.29, 1.82) is 0 Å². The molecule has 1 atom stereocenters. The van der Waals surface area contributed by atoms with E-state index in [2.05, 4.69) is 5.16 Å². The fraction of sp³-hybridized carbons (Fsp3) is 0.567. The molecule has 8 heteroatoms. The molecule has 0 radical (unpaired) electrons. The Morgan fingerprint density at radius 1 is 1.05 bits per heavy atom. The van der Waals surface area contributed by atoms with E-state index in [1.165, 1.54) is 0 Å². The van der Waals surface area contributed by atoms with Gasteiger partial charge in [0.15, 0.2) is 0 Å². The summed E-state index contributed by atoms with van der Waals surface area (Å²) in [5, 5.41) is 14.5. The van der Waals surface area contributed by atoms with E-state index in [4.69, 9.17) is 14.2 Å². The van der Waals surface area contributed by atoms with E-state index < -0.39 is 24.7 Å². The van der Waals surface area contributed by atoms with Gasteiger partial charge in [0.05, 0.1) is 42.3 Å². The molecule has 6 nitrogen and oxygen atoms in total. The van der Waals surface area contributed by atoms with Crippen LogP contribution >= 0.6 is 0 Å². The second-order valence-corrected chi connectivity index (χ2v) is 12.2. The molecule has 2 bridgehead atoms. The first-order chi connectivity index (χ1) is 18.4. The number of halogens is 2. The number of pyridine rings is 1. The molecule has 5 aliphatic rings. The number of carboxylic acids is 1. The van der Waals surface area contributed by atoms with Crippen molar-refractivity contribution in [3.63, 3.8) is 0 Å². The molecule has 3 aromatic rings. The molecule has 0 spiro atoms. The molecule has 5 fully saturated rings. The largest absolute Gasteiger partial charge is 0.478 e. The number of carbonyl (C=O) groups is 1. The zero-order valence-corrected chi connectivity index (χ0v) is 21.3. The zero-order valence-electron chi connectivity index (χ0n) is 21.3. The molecule has 8 rings (SSSR count). The summed E-state index contributed by atoms with van der Waals surface area (Å²) in [5.41, 5.74) is 2.52. The second-order valence-electron chi connectivity index (χ2n) is 12.2. The van der Waals surface area contributed by atoms with E-state index >= 15 is 0 Å². The molecule has 0 aliphatic heterocycles. The van der Waals surface area contributed by atoms with Crippen LogP contribution in [-0.2, 0) is 16.8 Å². The fourth-order valence-electron chi connectivity index (χ4n) is 7.10. The number of benzene rings is 1. The van der Waals surface area contributed by atoms with Crippen LogP contribution in [0.5, 0.6) is 0 Å². The summed E-state index contributed by atoms with van der Waals surface area (Å²) < 4.78 is 39.7. The minimum absolute atomic E-state index is 0.0179. The highest BCUT2D eigenvalue weighted by Crippen LogP contribution is 2.61. The summed E-state index contributed by atoms with van der Waals surface area (Å²) in [6.45, 7) is -0.964. The molecule has 0 saturated heterocycles. The van der Waals surface area contributed by atoms with Crippen molar-refractivity contribution in [2.24, 2.45) is 5.41 Å². The second kappa shape index (κ2) is 8.57. The lowest BCUT2D eigenvalue weighted by molar-refractivity contribution is -0.127. The van der Waals surface area contributed by atoms with Crippen LogP contribution in [0.15, 0.2) is 34.9 Å². The molecular weight excluding hydrogens is 490 g/mol. The molecule has 5 aliphatic carbocycles. The number of fused-ring (bicyclic) bond motifs is 4. The Balaban J connectivity index is 1.09. The number of ether oxygens (including phenoxy) is 1. The first kappa shape index (κ1) is 24.2. The maximum Gasteiger partial charge on any atom is 0.336 e. The number of hydrogen-bond acceptors (Lipinski definition) is 5. The zero-order chi connectivity index (χ0) is 26.1. The van der Waals surface area contributed by atoms with Gasteiger partial charge in [-0.3, -0.25) is 13.8 Å². The Labute approximate surface area is 219 Å². The Morgan fingerprint density at radius 2 is 1.79 bits per heavy atom. The minimum atomic E-state index is -0.942. The lowest BCUT2D eigenvalue weighted by Crippen LogP contribution is -2.50. The predicted octanol–water partition coefficient (Wildman–Crippen LogP) is 6.77. The van der Waals surface area contributed by atoms with Gasteiger partial charge in [-0.15, -0.1) is 0 Å². The number of aromatic carboxylic acids is 1. The SMILES string of the molecule is O=C(O)c1cccc2nc(C34CCC(OCc5c([C@H]6CC6(CF)CF)noc5C5CC5)(CC3)CC4)ccc12. The van der Waals surface area contributed by atoms with Crippen molar-refractivity contribution in [1.82, 2.24) is 10.1 Å². The number of rotatable bonds is 9. The third-order valence-corrected chi connectivity index (χ3v) is 10.1. The predicted molar refractivity (Wildman–Crippen MR) is 136 cm³/mol. The van der Waals surface area contributed by atoms with Gasteiger partial charge in [-0.05, 0) is 76.0 Å². The Hall–Kier alpha value is -2.87. The first-order valence-corrected chi connectivity index (χ1v) is 13.8. The smallest absolute Gasteiger partial charge is 0.336 e. The normalized spacial score (nSPS) is 29.6. The van der Waals surface area contributed by atoms with Gasteiger partial charge in [0.1, 0.15) is 5.76 Å². The molecule has 5 saturated carbocycles. The lowest BCUT2D eigenvalue weighted by atomic mass is 9.57. The highest BCUT2D eigenvalue weighted by Gasteiger charge is 2.58. The summed E-state index contributed by atoms with van der Waals surface area (Å²) in [6, 6.07) is 9.17. The topological polar surface area (TPSA) is 85.5 Å². The molecule has 1 aromatic carbocycles. The van der Waals surface area contributed by atoms with Gasteiger partial charge in [-0.1, -0.05) is 17.3 Å². The van der Waals surface area contributed by atoms with Crippen molar-refractivity contribution >= 4 is 16.9 Å². The van der Waals surface area contributed by atoms with Gasteiger partial charge in [0.25, 0.3) is 0 Å². The van der Waals surface area contributed by atoms with E-state index in [9.17, 15) is 18.7 Å².